The van der Waals surface area contributed by atoms with E-state index in [4.69, 9.17) is 4.74 Å². The van der Waals surface area contributed by atoms with Gasteiger partial charge in [-0.15, -0.1) is 0 Å². The van der Waals surface area contributed by atoms with Crippen molar-refractivity contribution in [3.8, 4) is 5.75 Å². The summed E-state index contributed by atoms with van der Waals surface area (Å²) in [7, 11) is -7.01. The van der Waals surface area contributed by atoms with Crippen LogP contribution in [-0.2, 0) is 26.6 Å². The Balaban J connectivity index is 1.28. The summed E-state index contributed by atoms with van der Waals surface area (Å²) < 4.78 is 59.1. The number of hydrogen-bond acceptors (Lipinski definition) is 6. The van der Waals surface area contributed by atoms with E-state index < -0.39 is 20.0 Å². The van der Waals surface area contributed by atoms with Crippen LogP contribution in [0.25, 0.3) is 0 Å². The van der Waals surface area contributed by atoms with Crippen molar-refractivity contribution in [2.75, 3.05) is 36.8 Å². The van der Waals surface area contributed by atoms with Gasteiger partial charge in [0.2, 0.25) is 20.0 Å². The Morgan fingerprint density at radius 2 is 1.54 bits per heavy atom. The van der Waals surface area contributed by atoms with E-state index >= 15 is 0 Å². The lowest BCUT2D eigenvalue weighted by Gasteiger charge is -2.25. The van der Waals surface area contributed by atoms with E-state index in [0.717, 1.165) is 36.0 Å². The molecule has 3 aromatic rings. The Morgan fingerprint density at radius 1 is 0.878 bits per heavy atom. The standard InChI is InChI=1S/C30H37N3O6S2/c1-23-7-12-27(21-24(23)2)33(40(3,35)36)22-25-8-10-26(11-9-25)30(34)31-17-20-39-28-13-15-29(16-14-28)41(37,38)32-18-5-4-6-19-32/h7-16,21H,4-6,17-20,22H2,1-3H3,(H,31,34). The number of amides is 1. The molecule has 41 heavy (non-hydrogen) atoms. The Hall–Kier alpha value is -3.41. The predicted molar refractivity (Wildman–Crippen MR) is 160 cm³/mol. The van der Waals surface area contributed by atoms with Gasteiger partial charge in [0, 0.05) is 18.7 Å². The fourth-order valence-corrected chi connectivity index (χ4v) is 7.00. The first-order valence-electron chi connectivity index (χ1n) is 13.6. The van der Waals surface area contributed by atoms with Crippen molar-refractivity contribution in [3.63, 3.8) is 0 Å². The van der Waals surface area contributed by atoms with E-state index in [2.05, 4.69) is 5.32 Å². The lowest BCUT2D eigenvalue weighted by atomic mass is 10.1. The van der Waals surface area contributed by atoms with Crippen LogP contribution in [0.1, 0.15) is 46.3 Å². The maximum Gasteiger partial charge on any atom is 0.251 e. The molecule has 220 valence electrons. The third-order valence-electron chi connectivity index (χ3n) is 7.15. The first-order valence-corrected chi connectivity index (χ1v) is 16.9. The van der Waals surface area contributed by atoms with Gasteiger partial charge >= 0.3 is 0 Å². The molecule has 1 saturated heterocycles. The van der Waals surface area contributed by atoms with Gasteiger partial charge < -0.3 is 10.1 Å². The van der Waals surface area contributed by atoms with Crippen molar-refractivity contribution >= 4 is 31.6 Å². The van der Waals surface area contributed by atoms with E-state index in [-0.39, 0.29) is 30.5 Å². The van der Waals surface area contributed by atoms with Crippen molar-refractivity contribution in [1.29, 1.82) is 0 Å². The molecular weight excluding hydrogens is 562 g/mol. The van der Waals surface area contributed by atoms with Gasteiger partial charge in [-0.2, -0.15) is 4.31 Å². The molecule has 0 radical (unpaired) electrons. The zero-order chi connectivity index (χ0) is 29.6. The Bertz CT molecular complexity index is 1570. The average Bonchev–Trinajstić information content (AvgIpc) is 2.96. The van der Waals surface area contributed by atoms with Crippen LogP contribution < -0.4 is 14.4 Å². The summed E-state index contributed by atoms with van der Waals surface area (Å²) in [6.07, 6.45) is 3.99. The van der Waals surface area contributed by atoms with Gasteiger partial charge in [0.15, 0.2) is 0 Å². The van der Waals surface area contributed by atoms with Crippen LogP contribution in [0.5, 0.6) is 5.75 Å². The van der Waals surface area contributed by atoms with Crippen LogP contribution in [0.3, 0.4) is 0 Å². The third-order valence-corrected chi connectivity index (χ3v) is 10.2. The second kappa shape index (κ2) is 13.1. The van der Waals surface area contributed by atoms with Crippen molar-refractivity contribution in [3.05, 3.63) is 89.0 Å². The number of piperidine rings is 1. The number of anilines is 1. The maximum absolute atomic E-state index is 12.8. The first kappa shape index (κ1) is 30.5. The van der Waals surface area contributed by atoms with Gasteiger partial charge in [-0.25, -0.2) is 16.8 Å². The molecule has 4 rings (SSSR count). The number of rotatable bonds is 11. The summed E-state index contributed by atoms with van der Waals surface area (Å²) in [6.45, 7) is 5.63. The first-order chi connectivity index (χ1) is 19.4. The number of aryl methyl sites for hydroxylation is 2. The van der Waals surface area contributed by atoms with Crippen LogP contribution in [0.2, 0.25) is 0 Å². The molecule has 0 aromatic heterocycles. The zero-order valence-corrected chi connectivity index (χ0v) is 25.3. The van der Waals surface area contributed by atoms with Gasteiger partial charge in [-0.05, 0) is 91.9 Å². The smallest absolute Gasteiger partial charge is 0.251 e. The number of hydrogen-bond donors (Lipinski definition) is 1. The molecule has 0 bridgehead atoms. The lowest BCUT2D eigenvalue weighted by Crippen LogP contribution is -2.35. The molecule has 1 amide bonds. The molecule has 1 aliphatic rings. The van der Waals surface area contributed by atoms with Crippen molar-refractivity contribution in [1.82, 2.24) is 9.62 Å². The SMILES string of the molecule is Cc1ccc(N(Cc2ccc(C(=O)NCCOc3ccc(S(=O)(=O)N4CCCCC4)cc3)cc2)S(C)(=O)=O)cc1C. The fraction of sp³-hybridized carbons (Fsp3) is 0.367. The Labute approximate surface area is 243 Å². The van der Waals surface area contributed by atoms with Crippen molar-refractivity contribution < 1.29 is 26.4 Å². The van der Waals surface area contributed by atoms with Crippen LogP contribution in [-0.4, -0.2) is 59.5 Å². The normalized spacial score (nSPS) is 14.4. The van der Waals surface area contributed by atoms with E-state index in [1.807, 2.05) is 26.0 Å². The van der Waals surface area contributed by atoms with Crippen molar-refractivity contribution in [2.24, 2.45) is 0 Å². The fourth-order valence-electron chi connectivity index (χ4n) is 4.61. The number of sulfonamides is 2. The number of nitrogens with one attached hydrogen (secondary N) is 1. The minimum atomic E-state index is -3.52. The van der Waals surface area contributed by atoms with E-state index in [1.54, 1.807) is 54.6 Å². The summed E-state index contributed by atoms with van der Waals surface area (Å²) in [4.78, 5) is 12.8. The minimum Gasteiger partial charge on any atom is -0.492 e. The number of nitrogens with zero attached hydrogens (tertiary/aromatic N) is 2. The molecule has 1 aliphatic heterocycles. The highest BCUT2D eigenvalue weighted by molar-refractivity contribution is 7.92. The summed E-state index contributed by atoms with van der Waals surface area (Å²) in [5.74, 6) is 0.234. The van der Waals surface area contributed by atoms with E-state index in [1.165, 1.54) is 14.9 Å². The zero-order valence-electron chi connectivity index (χ0n) is 23.7. The minimum absolute atomic E-state index is 0.148. The summed E-state index contributed by atoms with van der Waals surface area (Å²) >= 11 is 0. The molecule has 0 saturated carbocycles. The Kier molecular flexibility index (Phi) is 9.72. The summed E-state index contributed by atoms with van der Waals surface area (Å²) in [5.41, 5.74) is 3.87. The highest BCUT2D eigenvalue weighted by Crippen LogP contribution is 2.24. The van der Waals surface area contributed by atoms with Gasteiger partial charge in [-0.1, -0.05) is 24.6 Å². The second-order valence-corrected chi connectivity index (χ2v) is 14.1. The highest BCUT2D eigenvalue weighted by atomic mass is 32.2. The summed E-state index contributed by atoms with van der Waals surface area (Å²) in [5, 5.41) is 2.80. The van der Waals surface area contributed by atoms with Gasteiger partial charge in [0.05, 0.1) is 29.9 Å². The molecular formula is C30H37N3O6S2. The van der Waals surface area contributed by atoms with Gasteiger partial charge in [0.25, 0.3) is 5.91 Å². The number of carbonyl (C=O) groups excluding carboxylic acids is 1. The largest absolute Gasteiger partial charge is 0.492 e. The third kappa shape index (κ3) is 7.87. The number of benzene rings is 3. The molecule has 0 atom stereocenters. The van der Waals surface area contributed by atoms with Crippen molar-refractivity contribution in [2.45, 2.75) is 44.6 Å². The quantitative estimate of drug-likeness (QED) is 0.330. The van der Waals surface area contributed by atoms with Crippen LogP contribution in [0.15, 0.2) is 71.6 Å². The molecule has 11 heteroatoms. The molecule has 3 aromatic carbocycles. The summed E-state index contributed by atoms with van der Waals surface area (Å²) in [6, 6.07) is 18.7. The number of ether oxygens (including phenoxy) is 1. The monoisotopic (exact) mass is 599 g/mol. The molecule has 1 N–H and O–H groups in total. The highest BCUT2D eigenvalue weighted by Gasteiger charge is 2.25. The maximum atomic E-state index is 12.8. The number of carbonyl (C=O) groups is 1. The van der Waals surface area contributed by atoms with E-state index in [0.29, 0.717) is 30.1 Å². The Morgan fingerprint density at radius 3 is 2.15 bits per heavy atom. The molecule has 1 heterocycles. The second-order valence-electron chi connectivity index (χ2n) is 10.3. The van der Waals surface area contributed by atoms with Crippen LogP contribution >= 0.6 is 0 Å². The molecule has 0 unspecified atom stereocenters. The molecule has 0 spiro atoms. The van der Waals surface area contributed by atoms with Crippen LogP contribution in [0.4, 0.5) is 5.69 Å². The molecule has 9 nitrogen and oxygen atoms in total. The molecule has 1 fully saturated rings. The molecule has 0 aliphatic carbocycles. The van der Waals surface area contributed by atoms with E-state index in [9.17, 15) is 21.6 Å². The van der Waals surface area contributed by atoms with Gasteiger partial charge in [0.1, 0.15) is 12.4 Å². The average molecular weight is 600 g/mol. The van der Waals surface area contributed by atoms with Gasteiger partial charge in [-0.3, -0.25) is 9.10 Å². The van der Waals surface area contributed by atoms with Crippen LogP contribution in [0, 0.1) is 13.8 Å². The topological polar surface area (TPSA) is 113 Å². The lowest BCUT2D eigenvalue weighted by molar-refractivity contribution is 0.0947. The predicted octanol–water partition coefficient (Wildman–Crippen LogP) is 4.25.